The van der Waals surface area contributed by atoms with Gasteiger partial charge in [0.05, 0.1) is 0 Å². The molecular formula is C14H24N2. The van der Waals surface area contributed by atoms with Crippen molar-refractivity contribution in [3.8, 4) is 0 Å². The van der Waals surface area contributed by atoms with Crippen LogP contribution in [0.4, 0.5) is 0 Å². The van der Waals surface area contributed by atoms with Crippen molar-refractivity contribution in [2.75, 3.05) is 5.43 Å². The van der Waals surface area contributed by atoms with Crippen LogP contribution in [0.2, 0.25) is 0 Å². The third-order valence-corrected chi connectivity index (χ3v) is 3.84. The van der Waals surface area contributed by atoms with Crippen LogP contribution >= 0.6 is 0 Å². The highest BCUT2D eigenvalue weighted by Gasteiger charge is 2.16. The molecule has 16 heavy (non-hydrogen) atoms. The molecule has 0 bridgehead atoms. The molecule has 0 aliphatic heterocycles. The van der Waals surface area contributed by atoms with Crippen LogP contribution < -0.4 is 5.43 Å². The highest BCUT2D eigenvalue weighted by atomic mass is 15.4. The predicted molar refractivity (Wildman–Crippen MR) is 69.3 cm³/mol. The third kappa shape index (κ3) is 2.60. The maximum absolute atomic E-state index is 3.67. The molecule has 1 aromatic heterocycles. The van der Waals surface area contributed by atoms with E-state index in [4.69, 9.17) is 0 Å². The topological polar surface area (TPSA) is 17.0 Å². The van der Waals surface area contributed by atoms with E-state index in [2.05, 4.69) is 43.0 Å². The average Bonchev–Trinajstić information content (AvgIpc) is 2.48. The van der Waals surface area contributed by atoms with E-state index in [-0.39, 0.29) is 0 Å². The second-order valence-corrected chi connectivity index (χ2v) is 5.39. The lowest BCUT2D eigenvalue weighted by molar-refractivity contribution is 0.496. The van der Waals surface area contributed by atoms with Crippen LogP contribution in [0, 0.1) is 19.8 Å². The van der Waals surface area contributed by atoms with Gasteiger partial charge in [0.15, 0.2) is 0 Å². The van der Waals surface area contributed by atoms with Crippen molar-refractivity contribution in [3.63, 3.8) is 0 Å². The molecule has 90 valence electrons. The van der Waals surface area contributed by atoms with Crippen molar-refractivity contribution in [2.45, 2.75) is 58.9 Å². The van der Waals surface area contributed by atoms with Gasteiger partial charge < -0.3 is 5.43 Å². The molecule has 0 amide bonds. The zero-order valence-electron chi connectivity index (χ0n) is 10.8. The number of nitrogens with zero attached hydrogens (tertiary/aromatic N) is 1. The smallest absolute Gasteiger partial charge is 0.0424 e. The molecule has 0 radical (unpaired) electrons. The number of aromatic nitrogens is 1. The minimum absolute atomic E-state index is 0.662. The zero-order valence-corrected chi connectivity index (χ0v) is 10.8. The minimum atomic E-state index is 0.662. The van der Waals surface area contributed by atoms with E-state index in [1.54, 1.807) is 0 Å². The van der Waals surface area contributed by atoms with Gasteiger partial charge in [-0.3, -0.25) is 4.68 Å². The standard InChI is InChI=1S/C14H24N2/c1-11-5-4-6-14(10-7-11)15-16-12(2)8-9-13(16)3/h8-9,11,14-15H,4-7,10H2,1-3H3. The summed E-state index contributed by atoms with van der Waals surface area (Å²) in [5, 5.41) is 0. The molecular weight excluding hydrogens is 196 g/mol. The first-order valence-electron chi connectivity index (χ1n) is 6.58. The van der Waals surface area contributed by atoms with Gasteiger partial charge in [-0.25, -0.2) is 0 Å². The maximum atomic E-state index is 3.67. The molecule has 2 heteroatoms. The molecule has 0 spiro atoms. The van der Waals surface area contributed by atoms with E-state index in [1.807, 2.05) is 0 Å². The predicted octanol–water partition coefficient (Wildman–Crippen LogP) is 3.62. The third-order valence-electron chi connectivity index (χ3n) is 3.84. The van der Waals surface area contributed by atoms with Crippen LogP contribution in [-0.4, -0.2) is 10.7 Å². The van der Waals surface area contributed by atoms with Gasteiger partial charge in [-0.2, -0.15) is 0 Å². The largest absolute Gasteiger partial charge is 0.323 e. The fraction of sp³-hybridized carbons (Fsp3) is 0.714. The second kappa shape index (κ2) is 4.94. The Morgan fingerprint density at radius 2 is 1.75 bits per heavy atom. The minimum Gasteiger partial charge on any atom is -0.323 e. The summed E-state index contributed by atoms with van der Waals surface area (Å²) in [6, 6.07) is 5.03. The van der Waals surface area contributed by atoms with Crippen molar-refractivity contribution >= 4 is 0 Å². The van der Waals surface area contributed by atoms with Crippen molar-refractivity contribution < 1.29 is 0 Å². The van der Waals surface area contributed by atoms with E-state index in [0.717, 1.165) is 5.92 Å². The molecule has 1 aromatic rings. The SMILES string of the molecule is Cc1ccc(C)n1NC1CCCC(C)CC1. The first-order chi connectivity index (χ1) is 7.66. The van der Waals surface area contributed by atoms with E-state index in [1.165, 1.54) is 43.5 Å². The van der Waals surface area contributed by atoms with E-state index < -0.39 is 0 Å². The Morgan fingerprint density at radius 1 is 1.06 bits per heavy atom. The van der Waals surface area contributed by atoms with Crippen LogP contribution in [0.25, 0.3) is 0 Å². The highest BCUT2D eigenvalue weighted by Crippen LogP contribution is 2.23. The lowest BCUT2D eigenvalue weighted by Crippen LogP contribution is -2.28. The maximum Gasteiger partial charge on any atom is 0.0424 e. The summed E-state index contributed by atoms with van der Waals surface area (Å²) < 4.78 is 2.25. The van der Waals surface area contributed by atoms with E-state index in [9.17, 15) is 0 Å². The molecule has 1 aliphatic carbocycles. The Morgan fingerprint density at radius 3 is 2.44 bits per heavy atom. The van der Waals surface area contributed by atoms with Gasteiger partial charge in [-0.1, -0.05) is 19.8 Å². The van der Waals surface area contributed by atoms with Gasteiger partial charge in [-0.15, -0.1) is 0 Å². The van der Waals surface area contributed by atoms with Crippen molar-refractivity contribution in [3.05, 3.63) is 23.5 Å². The lowest BCUT2D eigenvalue weighted by atomic mass is 10.0. The molecule has 2 unspecified atom stereocenters. The summed E-state index contributed by atoms with van der Waals surface area (Å²) in [6.45, 7) is 6.72. The number of nitrogens with one attached hydrogen (secondary N) is 1. The summed E-state index contributed by atoms with van der Waals surface area (Å²) in [7, 11) is 0. The Hall–Kier alpha value is -0.920. The Labute approximate surface area is 99.0 Å². The van der Waals surface area contributed by atoms with Crippen molar-refractivity contribution in [1.82, 2.24) is 4.68 Å². The Bertz CT molecular complexity index is 321. The molecule has 2 atom stereocenters. The number of hydrogen-bond acceptors (Lipinski definition) is 1. The molecule has 1 saturated carbocycles. The quantitative estimate of drug-likeness (QED) is 0.753. The molecule has 2 rings (SSSR count). The molecule has 1 heterocycles. The molecule has 1 N–H and O–H groups in total. The molecule has 2 nitrogen and oxygen atoms in total. The average molecular weight is 220 g/mol. The summed E-state index contributed by atoms with van der Waals surface area (Å²) in [5.74, 6) is 0.915. The van der Waals surface area contributed by atoms with Crippen molar-refractivity contribution in [1.29, 1.82) is 0 Å². The zero-order chi connectivity index (χ0) is 11.5. The van der Waals surface area contributed by atoms with Gasteiger partial charge in [0.1, 0.15) is 0 Å². The summed E-state index contributed by atoms with van der Waals surface area (Å²) >= 11 is 0. The van der Waals surface area contributed by atoms with Gasteiger partial charge in [0.25, 0.3) is 0 Å². The van der Waals surface area contributed by atoms with Crippen LogP contribution in [0.3, 0.4) is 0 Å². The number of rotatable bonds is 2. The lowest BCUT2D eigenvalue weighted by Gasteiger charge is -2.21. The number of hydrogen-bond donors (Lipinski definition) is 1. The fourth-order valence-electron chi connectivity index (χ4n) is 2.67. The van der Waals surface area contributed by atoms with Gasteiger partial charge in [0, 0.05) is 17.4 Å². The molecule has 0 aromatic carbocycles. The monoisotopic (exact) mass is 220 g/mol. The van der Waals surface area contributed by atoms with Gasteiger partial charge in [-0.05, 0) is 51.2 Å². The van der Waals surface area contributed by atoms with Crippen LogP contribution in [0.5, 0.6) is 0 Å². The fourth-order valence-corrected chi connectivity index (χ4v) is 2.67. The van der Waals surface area contributed by atoms with Gasteiger partial charge in [0.2, 0.25) is 0 Å². The van der Waals surface area contributed by atoms with Crippen molar-refractivity contribution in [2.24, 2.45) is 5.92 Å². The van der Waals surface area contributed by atoms with Gasteiger partial charge >= 0.3 is 0 Å². The van der Waals surface area contributed by atoms with Crippen LogP contribution in [-0.2, 0) is 0 Å². The molecule has 0 saturated heterocycles. The first-order valence-corrected chi connectivity index (χ1v) is 6.58. The van der Waals surface area contributed by atoms with E-state index >= 15 is 0 Å². The van der Waals surface area contributed by atoms with Crippen LogP contribution in [0.15, 0.2) is 12.1 Å². The summed E-state index contributed by atoms with van der Waals surface area (Å²) in [4.78, 5) is 0. The second-order valence-electron chi connectivity index (χ2n) is 5.39. The van der Waals surface area contributed by atoms with Crippen LogP contribution in [0.1, 0.15) is 50.4 Å². The molecule has 1 fully saturated rings. The summed E-state index contributed by atoms with van der Waals surface area (Å²) in [5.41, 5.74) is 6.30. The highest BCUT2D eigenvalue weighted by molar-refractivity contribution is 5.15. The first kappa shape index (κ1) is 11.6. The molecule has 1 aliphatic rings. The Balaban J connectivity index is 1.99. The van der Waals surface area contributed by atoms with E-state index in [0.29, 0.717) is 6.04 Å². The normalized spacial score (nSPS) is 26.4. The number of aryl methyl sites for hydroxylation is 2. The summed E-state index contributed by atoms with van der Waals surface area (Å²) in [6.07, 6.45) is 6.79. The Kier molecular flexibility index (Phi) is 3.57.